The van der Waals surface area contributed by atoms with Crippen molar-refractivity contribution in [1.82, 2.24) is 4.57 Å². The highest BCUT2D eigenvalue weighted by Crippen LogP contribution is 2.21. The fraction of sp³-hybridized carbons (Fsp3) is 0.125. The van der Waals surface area contributed by atoms with E-state index in [9.17, 15) is 0 Å². The second kappa shape index (κ2) is 8.19. The van der Waals surface area contributed by atoms with Crippen LogP contribution in [0.15, 0.2) is 95.3 Å². The van der Waals surface area contributed by atoms with Gasteiger partial charge in [0.25, 0.3) is 0 Å². The Kier molecular flexibility index (Phi) is 5.31. The van der Waals surface area contributed by atoms with E-state index < -0.39 is 0 Å². The number of benzene rings is 3. The lowest BCUT2D eigenvalue weighted by Gasteiger charge is -2.09. The Labute approximate surface area is 164 Å². The zero-order valence-corrected chi connectivity index (χ0v) is 16.2. The quantitative estimate of drug-likeness (QED) is 0.410. The fourth-order valence-electron chi connectivity index (χ4n) is 3.09. The van der Waals surface area contributed by atoms with Crippen LogP contribution in [0.3, 0.4) is 0 Å². The van der Waals surface area contributed by atoms with E-state index in [1.807, 2.05) is 0 Å². The second-order valence-corrected chi connectivity index (χ2v) is 7.44. The average molecular weight is 371 g/mol. The van der Waals surface area contributed by atoms with Crippen LogP contribution in [0.1, 0.15) is 11.1 Å². The first-order chi connectivity index (χ1) is 13.3. The summed E-state index contributed by atoms with van der Waals surface area (Å²) in [6, 6.07) is 29.6. The van der Waals surface area contributed by atoms with Crippen LogP contribution >= 0.6 is 11.3 Å². The third-order valence-corrected chi connectivity index (χ3v) is 5.46. The molecule has 0 radical (unpaired) electrons. The molecule has 27 heavy (non-hydrogen) atoms. The average Bonchev–Trinajstić information content (AvgIpc) is 3.12. The molecular formula is C24H22N2S. The molecule has 4 rings (SSSR count). The Morgan fingerprint density at radius 2 is 1.48 bits per heavy atom. The van der Waals surface area contributed by atoms with Crippen molar-refractivity contribution in [2.45, 2.75) is 19.9 Å². The molecular weight excluding hydrogens is 348 g/mol. The maximum absolute atomic E-state index is 4.92. The maximum atomic E-state index is 4.92. The molecule has 0 N–H and O–H groups in total. The van der Waals surface area contributed by atoms with Crippen LogP contribution in [0.2, 0.25) is 0 Å². The number of aromatic nitrogens is 1. The summed E-state index contributed by atoms with van der Waals surface area (Å²) in [5, 5.41) is 2.22. The van der Waals surface area contributed by atoms with Crippen LogP contribution in [-0.4, -0.2) is 4.57 Å². The molecule has 1 heterocycles. The molecule has 0 aliphatic carbocycles. The van der Waals surface area contributed by atoms with Gasteiger partial charge in [-0.3, -0.25) is 0 Å². The first kappa shape index (κ1) is 17.5. The van der Waals surface area contributed by atoms with Crippen molar-refractivity contribution in [3.63, 3.8) is 0 Å². The number of hydrogen-bond acceptors (Lipinski definition) is 2. The van der Waals surface area contributed by atoms with Crippen LogP contribution in [0, 0.1) is 6.92 Å². The van der Waals surface area contributed by atoms with Crippen LogP contribution in [0.4, 0.5) is 5.69 Å². The van der Waals surface area contributed by atoms with Gasteiger partial charge >= 0.3 is 0 Å². The van der Waals surface area contributed by atoms with Gasteiger partial charge in [0.2, 0.25) is 0 Å². The molecule has 134 valence electrons. The second-order valence-electron chi connectivity index (χ2n) is 6.60. The van der Waals surface area contributed by atoms with Gasteiger partial charge in [-0.05, 0) is 36.6 Å². The van der Waals surface area contributed by atoms with Crippen LogP contribution in [0.25, 0.3) is 11.3 Å². The molecule has 0 bridgehead atoms. The summed E-state index contributed by atoms with van der Waals surface area (Å²) < 4.78 is 2.34. The molecule has 0 fully saturated rings. The van der Waals surface area contributed by atoms with Crippen LogP contribution < -0.4 is 4.80 Å². The largest absolute Gasteiger partial charge is 0.316 e. The van der Waals surface area contributed by atoms with Crippen molar-refractivity contribution < 1.29 is 0 Å². The maximum Gasteiger partial charge on any atom is 0.190 e. The molecule has 1 aromatic heterocycles. The third-order valence-electron chi connectivity index (χ3n) is 4.59. The molecule has 3 aromatic carbocycles. The van der Waals surface area contributed by atoms with Gasteiger partial charge in [-0.25, -0.2) is 4.99 Å². The molecule has 0 atom stereocenters. The SMILES string of the molecule is Cc1ccc(N=c2scc(-c3ccccc3)n2CCc2ccccc2)cc1. The zero-order chi connectivity index (χ0) is 18.5. The van der Waals surface area contributed by atoms with E-state index in [4.69, 9.17) is 4.99 Å². The minimum atomic E-state index is 0.905. The summed E-state index contributed by atoms with van der Waals surface area (Å²) in [5.41, 5.74) is 6.05. The van der Waals surface area contributed by atoms with Crippen LogP contribution in [0.5, 0.6) is 0 Å². The highest BCUT2D eigenvalue weighted by molar-refractivity contribution is 7.07. The van der Waals surface area contributed by atoms with E-state index in [2.05, 4.69) is 102 Å². The van der Waals surface area contributed by atoms with E-state index in [1.165, 1.54) is 22.4 Å². The lowest BCUT2D eigenvalue weighted by Crippen LogP contribution is -2.17. The summed E-state index contributed by atoms with van der Waals surface area (Å²) in [4.78, 5) is 5.96. The first-order valence-electron chi connectivity index (χ1n) is 9.19. The van der Waals surface area contributed by atoms with Gasteiger partial charge in [0.1, 0.15) is 0 Å². The zero-order valence-electron chi connectivity index (χ0n) is 15.4. The molecule has 0 unspecified atom stereocenters. The predicted molar refractivity (Wildman–Crippen MR) is 114 cm³/mol. The van der Waals surface area contributed by atoms with Gasteiger partial charge in [0.15, 0.2) is 4.80 Å². The lowest BCUT2D eigenvalue weighted by atomic mass is 10.1. The van der Waals surface area contributed by atoms with E-state index in [0.717, 1.165) is 23.5 Å². The highest BCUT2D eigenvalue weighted by Gasteiger charge is 2.08. The van der Waals surface area contributed by atoms with Crippen molar-refractivity contribution in [2.24, 2.45) is 4.99 Å². The van der Waals surface area contributed by atoms with E-state index in [-0.39, 0.29) is 0 Å². The topological polar surface area (TPSA) is 17.3 Å². The van der Waals surface area contributed by atoms with Crippen molar-refractivity contribution in [2.75, 3.05) is 0 Å². The summed E-state index contributed by atoms with van der Waals surface area (Å²) in [5.74, 6) is 0. The minimum absolute atomic E-state index is 0.905. The third kappa shape index (κ3) is 4.26. The van der Waals surface area contributed by atoms with Crippen molar-refractivity contribution in [3.8, 4) is 11.3 Å². The number of rotatable bonds is 5. The first-order valence-corrected chi connectivity index (χ1v) is 10.1. The Bertz CT molecular complexity index is 1060. The molecule has 0 spiro atoms. The van der Waals surface area contributed by atoms with Crippen molar-refractivity contribution in [3.05, 3.63) is 106 Å². The van der Waals surface area contributed by atoms with E-state index in [0.29, 0.717) is 0 Å². The Morgan fingerprint density at radius 3 is 2.19 bits per heavy atom. The van der Waals surface area contributed by atoms with Gasteiger partial charge in [-0.15, -0.1) is 11.3 Å². The monoisotopic (exact) mass is 370 g/mol. The molecule has 4 aromatic rings. The Balaban J connectivity index is 1.74. The number of nitrogens with zero attached hydrogens (tertiary/aromatic N) is 2. The molecule has 0 amide bonds. The fourth-order valence-corrected chi connectivity index (χ4v) is 4.05. The molecule has 3 heteroatoms. The summed E-state index contributed by atoms with van der Waals surface area (Å²) >= 11 is 1.70. The molecule has 0 aliphatic heterocycles. The summed E-state index contributed by atoms with van der Waals surface area (Å²) in [7, 11) is 0. The van der Waals surface area contributed by atoms with Crippen LogP contribution in [-0.2, 0) is 13.0 Å². The molecule has 0 saturated carbocycles. The summed E-state index contributed by atoms with van der Waals surface area (Å²) in [6.45, 7) is 3.00. The van der Waals surface area contributed by atoms with Crippen molar-refractivity contribution >= 4 is 17.0 Å². The van der Waals surface area contributed by atoms with E-state index in [1.54, 1.807) is 11.3 Å². The highest BCUT2D eigenvalue weighted by atomic mass is 32.1. The Hall–Kier alpha value is -2.91. The Morgan fingerprint density at radius 1 is 0.815 bits per heavy atom. The summed E-state index contributed by atoms with van der Waals surface area (Å²) in [6.07, 6.45) is 0.985. The van der Waals surface area contributed by atoms with Gasteiger partial charge in [-0.2, -0.15) is 0 Å². The van der Waals surface area contributed by atoms with E-state index >= 15 is 0 Å². The predicted octanol–water partition coefficient (Wildman–Crippen LogP) is 6.00. The van der Waals surface area contributed by atoms with Gasteiger partial charge < -0.3 is 4.57 Å². The lowest BCUT2D eigenvalue weighted by molar-refractivity contribution is 0.684. The minimum Gasteiger partial charge on any atom is -0.316 e. The number of aryl methyl sites for hydroxylation is 2. The van der Waals surface area contributed by atoms with Gasteiger partial charge in [0.05, 0.1) is 11.4 Å². The van der Waals surface area contributed by atoms with Gasteiger partial charge in [-0.1, -0.05) is 78.4 Å². The molecule has 0 aliphatic rings. The van der Waals surface area contributed by atoms with Crippen molar-refractivity contribution in [1.29, 1.82) is 0 Å². The number of hydrogen-bond donors (Lipinski definition) is 0. The smallest absolute Gasteiger partial charge is 0.190 e. The number of thiazole rings is 1. The van der Waals surface area contributed by atoms with Gasteiger partial charge in [0, 0.05) is 11.9 Å². The normalized spacial score (nSPS) is 11.7. The molecule has 0 saturated heterocycles. The molecule has 2 nitrogen and oxygen atoms in total. The standard InChI is InChI=1S/C24H22N2S/c1-19-12-14-22(15-13-19)25-24-26(17-16-20-8-4-2-5-9-20)23(18-27-24)21-10-6-3-7-11-21/h2-15,18H,16-17H2,1H3.